The van der Waals surface area contributed by atoms with Crippen LogP contribution in [-0.2, 0) is 16.1 Å². The molecule has 0 radical (unpaired) electrons. The minimum absolute atomic E-state index is 0.139. The van der Waals surface area contributed by atoms with E-state index in [2.05, 4.69) is 10.1 Å². The summed E-state index contributed by atoms with van der Waals surface area (Å²) in [5, 5.41) is 3.77. The summed E-state index contributed by atoms with van der Waals surface area (Å²) >= 11 is 0. The highest BCUT2D eigenvalue weighted by Gasteiger charge is 2.02. The number of carbonyl (C=O) groups excluding carboxylic acids is 1. The molecule has 1 aromatic heterocycles. The quantitative estimate of drug-likeness (QED) is 0.605. The second kappa shape index (κ2) is 4.48. The molecule has 1 aromatic rings. The first-order valence-electron chi connectivity index (χ1n) is 3.81. The van der Waals surface area contributed by atoms with Crippen LogP contribution in [0, 0.1) is 0 Å². The average molecular weight is 169 g/mol. The van der Waals surface area contributed by atoms with Crippen molar-refractivity contribution in [1.29, 1.82) is 0 Å². The smallest absolute Gasteiger partial charge is 0.327 e. The standard InChI is InChI=1S/C7H11N3O2/c1-2-3-12-7(11)4-10-6-8-5-9-10/h5-6H,2-4H2,1H3. The summed E-state index contributed by atoms with van der Waals surface area (Å²) in [6, 6.07) is 0. The zero-order valence-electron chi connectivity index (χ0n) is 6.93. The van der Waals surface area contributed by atoms with Gasteiger partial charge < -0.3 is 4.74 Å². The summed E-state index contributed by atoms with van der Waals surface area (Å²) in [6.07, 6.45) is 3.70. The van der Waals surface area contributed by atoms with Crippen LogP contribution >= 0.6 is 0 Å². The van der Waals surface area contributed by atoms with Crippen molar-refractivity contribution in [2.45, 2.75) is 19.9 Å². The lowest BCUT2D eigenvalue weighted by Gasteiger charge is -2.01. The van der Waals surface area contributed by atoms with Gasteiger partial charge in [0.05, 0.1) is 6.61 Å². The van der Waals surface area contributed by atoms with Crippen molar-refractivity contribution in [2.75, 3.05) is 6.61 Å². The van der Waals surface area contributed by atoms with Gasteiger partial charge in [-0.25, -0.2) is 9.67 Å². The van der Waals surface area contributed by atoms with Crippen molar-refractivity contribution >= 4 is 5.97 Å². The van der Waals surface area contributed by atoms with Gasteiger partial charge in [-0.05, 0) is 6.42 Å². The van der Waals surface area contributed by atoms with Crippen molar-refractivity contribution in [1.82, 2.24) is 14.8 Å². The highest BCUT2D eigenvalue weighted by atomic mass is 16.5. The third-order valence-corrected chi connectivity index (χ3v) is 1.22. The Kier molecular flexibility index (Phi) is 3.25. The Hall–Kier alpha value is -1.39. The monoisotopic (exact) mass is 169 g/mol. The lowest BCUT2D eigenvalue weighted by atomic mass is 10.5. The molecule has 0 bridgehead atoms. The zero-order valence-corrected chi connectivity index (χ0v) is 6.93. The molecule has 5 heteroatoms. The van der Waals surface area contributed by atoms with E-state index in [0.29, 0.717) is 6.61 Å². The number of ether oxygens (including phenoxy) is 1. The van der Waals surface area contributed by atoms with Gasteiger partial charge in [-0.1, -0.05) is 6.92 Å². The van der Waals surface area contributed by atoms with Crippen LogP contribution < -0.4 is 0 Å². The fraction of sp³-hybridized carbons (Fsp3) is 0.571. The second-order valence-electron chi connectivity index (χ2n) is 2.31. The minimum Gasteiger partial charge on any atom is -0.464 e. The van der Waals surface area contributed by atoms with Crippen molar-refractivity contribution in [2.24, 2.45) is 0 Å². The molecule has 12 heavy (non-hydrogen) atoms. The van der Waals surface area contributed by atoms with Crippen LogP contribution in [0.1, 0.15) is 13.3 Å². The van der Waals surface area contributed by atoms with Crippen molar-refractivity contribution in [3.63, 3.8) is 0 Å². The average Bonchev–Trinajstić information content (AvgIpc) is 2.53. The molecule has 1 heterocycles. The van der Waals surface area contributed by atoms with Gasteiger partial charge in [0.15, 0.2) is 0 Å². The number of hydrogen-bond acceptors (Lipinski definition) is 4. The third kappa shape index (κ3) is 2.69. The number of rotatable bonds is 4. The summed E-state index contributed by atoms with van der Waals surface area (Å²) in [7, 11) is 0. The van der Waals surface area contributed by atoms with Gasteiger partial charge in [0.1, 0.15) is 19.2 Å². The second-order valence-corrected chi connectivity index (χ2v) is 2.31. The normalized spacial score (nSPS) is 9.75. The van der Waals surface area contributed by atoms with E-state index in [1.165, 1.54) is 17.3 Å². The molecule has 0 saturated carbocycles. The van der Waals surface area contributed by atoms with Crippen LogP contribution in [-0.4, -0.2) is 27.3 Å². The maximum atomic E-state index is 11.0. The topological polar surface area (TPSA) is 57.0 Å². The number of esters is 1. The molecule has 5 nitrogen and oxygen atoms in total. The van der Waals surface area contributed by atoms with E-state index in [1.54, 1.807) is 0 Å². The summed E-state index contributed by atoms with van der Waals surface area (Å²) < 4.78 is 6.27. The molecule has 0 saturated heterocycles. The molecule has 0 aromatic carbocycles. The van der Waals surface area contributed by atoms with Crippen molar-refractivity contribution in [3.8, 4) is 0 Å². The lowest BCUT2D eigenvalue weighted by molar-refractivity contribution is -0.144. The Morgan fingerprint density at radius 2 is 2.50 bits per heavy atom. The Balaban J connectivity index is 2.27. The van der Waals surface area contributed by atoms with Crippen molar-refractivity contribution in [3.05, 3.63) is 12.7 Å². The molecule has 0 unspecified atom stereocenters. The molecule has 1 rings (SSSR count). The number of carbonyl (C=O) groups is 1. The molecule has 0 aliphatic carbocycles. The van der Waals surface area contributed by atoms with E-state index in [0.717, 1.165) is 6.42 Å². The first-order chi connectivity index (χ1) is 5.83. The highest BCUT2D eigenvalue weighted by molar-refractivity contribution is 5.68. The van der Waals surface area contributed by atoms with Crippen LogP contribution in [0.25, 0.3) is 0 Å². The Labute approximate surface area is 70.4 Å². The Bertz CT molecular complexity index is 233. The fourth-order valence-corrected chi connectivity index (χ4v) is 0.708. The fourth-order valence-electron chi connectivity index (χ4n) is 0.708. The van der Waals surface area contributed by atoms with Gasteiger partial charge in [-0.15, -0.1) is 0 Å². The SMILES string of the molecule is CCCOC(=O)Cn1cncn1. The van der Waals surface area contributed by atoms with Crippen LogP contribution in [0.5, 0.6) is 0 Å². The molecular weight excluding hydrogens is 158 g/mol. The van der Waals surface area contributed by atoms with Gasteiger partial charge in [0.2, 0.25) is 0 Å². The molecule has 0 fully saturated rings. The van der Waals surface area contributed by atoms with Crippen LogP contribution in [0.3, 0.4) is 0 Å². The largest absolute Gasteiger partial charge is 0.464 e. The van der Waals surface area contributed by atoms with Gasteiger partial charge >= 0.3 is 5.97 Å². The first-order valence-corrected chi connectivity index (χ1v) is 3.81. The highest BCUT2D eigenvalue weighted by Crippen LogP contribution is 1.86. The van der Waals surface area contributed by atoms with Gasteiger partial charge in [0, 0.05) is 0 Å². The molecule has 0 aliphatic heterocycles. The van der Waals surface area contributed by atoms with Crippen molar-refractivity contribution < 1.29 is 9.53 Å². The van der Waals surface area contributed by atoms with E-state index >= 15 is 0 Å². The zero-order chi connectivity index (χ0) is 8.81. The van der Waals surface area contributed by atoms with E-state index in [-0.39, 0.29) is 12.5 Å². The summed E-state index contributed by atoms with van der Waals surface area (Å²) in [4.78, 5) is 14.7. The summed E-state index contributed by atoms with van der Waals surface area (Å²) in [6.45, 7) is 2.55. The molecular formula is C7H11N3O2. The first kappa shape index (κ1) is 8.70. The van der Waals surface area contributed by atoms with Crippen LogP contribution in [0.2, 0.25) is 0 Å². The predicted molar refractivity (Wildman–Crippen MR) is 41.3 cm³/mol. The number of nitrogens with zero attached hydrogens (tertiary/aromatic N) is 3. The molecule has 0 atom stereocenters. The number of aromatic nitrogens is 3. The Morgan fingerprint density at radius 3 is 3.08 bits per heavy atom. The maximum absolute atomic E-state index is 11.0. The van der Waals surface area contributed by atoms with E-state index < -0.39 is 0 Å². The predicted octanol–water partition coefficient (Wildman–Crippen LogP) is 0.231. The Morgan fingerprint density at radius 1 is 1.67 bits per heavy atom. The van der Waals surface area contributed by atoms with Crippen LogP contribution in [0.15, 0.2) is 12.7 Å². The minimum atomic E-state index is -0.276. The number of hydrogen-bond donors (Lipinski definition) is 0. The molecule has 0 aliphatic rings. The molecule has 66 valence electrons. The van der Waals surface area contributed by atoms with Gasteiger partial charge in [-0.2, -0.15) is 5.10 Å². The molecule has 0 N–H and O–H groups in total. The van der Waals surface area contributed by atoms with Crippen LogP contribution in [0.4, 0.5) is 0 Å². The van der Waals surface area contributed by atoms with E-state index in [9.17, 15) is 4.79 Å². The lowest BCUT2D eigenvalue weighted by Crippen LogP contribution is -2.14. The summed E-state index contributed by atoms with van der Waals surface area (Å²) in [5.74, 6) is -0.276. The maximum Gasteiger partial charge on any atom is 0.327 e. The molecule has 0 amide bonds. The van der Waals surface area contributed by atoms with Gasteiger partial charge in [-0.3, -0.25) is 4.79 Å². The molecule has 0 spiro atoms. The van der Waals surface area contributed by atoms with E-state index in [1.807, 2.05) is 6.92 Å². The van der Waals surface area contributed by atoms with Gasteiger partial charge in [0.25, 0.3) is 0 Å². The third-order valence-electron chi connectivity index (χ3n) is 1.22. The summed E-state index contributed by atoms with van der Waals surface area (Å²) in [5.41, 5.74) is 0. The van der Waals surface area contributed by atoms with E-state index in [4.69, 9.17) is 4.74 Å².